The van der Waals surface area contributed by atoms with E-state index in [0.717, 1.165) is 13.0 Å². The van der Waals surface area contributed by atoms with Gasteiger partial charge in [0.15, 0.2) is 0 Å². The summed E-state index contributed by atoms with van der Waals surface area (Å²) in [5.74, 6) is 0. The molecule has 2 rings (SSSR count). The van der Waals surface area contributed by atoms with Gasteiger partial charge in [0, 0.05) is 12.8 Å². The van der Waals surface area contributed by atoms with E-state index in [1.165, 1.54) is 12.0 Å². The van der Waals surface area contributed by atoms with Crippen LogP contribution in [0.1, 0.15) is 24.5 Å². The highest BCUT2D eigenvalue weighted by molar-refractivity contribution is 5.12. The van der Waals surface area contributed by atoms with Gasteiger partial charge in [0.1, 0.15) is 0 Å². The number of rotatable bonds is 1. The molecule has 0 aromatic carbocycles. The van der Waals surface area contributed by atoms with Crippen LogP contribution in [0.25, 0.3) is 0 Å². The van der Waals surface area contributed by atoms with Gasteiger partial charge in [-0.3, -0.25) is 4.98 Å². The molecule has 0 bridgehead atoms. The molecule has 1 saturated heterocycles. The molecule has 57 valence electrons. The fourth-order valence-electron chi connectivity index (χ4n) is 1.36. The topological polar surface area (TPSA) is 22.1 Å². The molecular weight excluding hydrogens is 138 g/mol. The third-order valence-electron chi connectivity index (χ3n) is 1.94. The summed E-state index contributed by atoms with van der Waals surface area (Å²) in [7, 11) is 0. The summed E-state index contributed by atoms with van der Waals surface area (Å²) in [5.41, 5.74) is 1.18. The van der Waals surface area contributed by atoms with E-state index in [4.69, 9.17) is 4.74 Å². The second-order valence-electron chi connectivity index (χ2n) is 2.72. The molecular formula is C9H10NO. The van der Waals surface area contributed by atoms with Gasteiger partial charge in [-0.25, -0.2) is 0 Å². The minimum Gasteiger partial charge on any atom is -0.373 e. The Morgan fingerprint density at radius 2 is 2.64 bits per heavy atom. The number of pyridine rings is 1. The summed E-state index contributed by atoms with van der Waals surface area (Å²) in [6.45, 7) is 0.892. The second kappa shape index (κ2) is 3.01. The van der Waals surface area contributed by atoms with Crippen molar-refractivity contribution in [1.29, 1.82) is 0 Å². The predicted octanol–water partition coefficient (Wildman–Crippen LogP) is 1.73. The number of hydrogen-bond donors (Lipinski definition) is 0. The first-order valence-corrected chi connectivity index (χ1v) is 3.90. The SMILES string of the molecule is [c]1ccc(C2CCCO2)cn1. The average Bonchev–Trinajstić information content (AvgIpc) is 2.58. The van der Waals surface area contributed by atoms with Crippen LogP contribution in [0, 0.1) is 6.20 Å². The van der Waals surface area contributed by atoms with Gasteiger partial charge in [0.05, 0.1) is 12.3 Å². The van der Waals surface area contributed by atoms with E-state index >= 15 is 0 Å². The van der Waals surface area contributed by atoms with Crippen LogP contribution in [0.15, 0.2) is 18.3 Å². The summed E-state index contributed by atoms with van der Waals surface area (Å²) in [4.78, 5) is 3.92. The molecule has 11 heavy (non-hydrogen) atoms. The van der Waals surface area contributed by atoms with Gasteiger partial charge in [-0.1, -0.05) is 6.07 Å². The summed E-state index contributed by atoms with van der Waals surface area (Å²) in [6.07, 6.45) is 7.17. The lowest BCUT2D eigenvalue weighted by Gasteiger charge is -2.07. The Balaban J connectivity index is 2.16. The van der Waals surface area contributed by atoms with Crippen LogP contribution in [0.4, 0.5) is 0 Å². The smallest absolute Gasteiger partial charge is 0.0886 e. The molecule has 2 heterocycles. The first-order valence-electron chi connectivity index (χ1n) is 3.90. The largest absolute Gasteiger partial charge is 0.373 e. The predicted molar refractivity (Wildman–Crippen MR) is 41.0 cm³/mol. The lowest BCUT2D eigenvalue weighted by Crippen LogP contribution is -1.95. The maximum atomic E-state index is 5.49. The van der Waals surface area contributed by atoms with Gasteiger partial charge < -0.3 is 4.74 Å². The van der Waals surface area contributed by atoms with Gasteiger partial charge >= 0.3 is 0 Å². The van der Waals surface area contributed by atoms with Crippen LogP contribution < -0.4 is 0 Å². The fourth-order valence-corrected chi connectivity index (χ4v) is 1.36. The minimum atomic E-state index is 0.289. The molecule has 0 saturated carbocycles. The highest BCUT2D eigenvalue weighted by atomic mass is 16.5. The Morgan fingerprint density at radius 1 is 1.64 bits per heavy atom. The Hall–Kier alpha value is -0.890. The zero-order valence-corrected chi connectivity index (χ0v) is 6.29. The summed E-state index contributed by atoms with van der Waals surface area (Å²) in [6, 6.07) is 3.85. The van der Waals surface area contributed by atoms with Crippen molar-refractivity contribution < 1.29 is 4.74 Å². The van der Waals surface area contributed by atoms with Crippen LogP contribution in [0.3, 0.4) is 0 Å². The minimum absolute atomic E-state index is 0.289. The van der Waals surface area contributed by atoms with Crippen molar-refractivity contribution in [2.45, 2.75) is 18.9 Å². The molecule has 1 radical (unpaired) electrons. The van der Waals surface area contributed by atoms with Crippen molar-refractivity contribution in [1.82, 2.24) is 4.98 Å². The highest BCUT2D eigenvalue weighted by Crippen LogP contribution is 2.27. The third kappa shape index (κ3) is 1.40. The normalized spacial score (nSPS) is 23.8. The lowest BCUT2D eigenvalue weighted by molar-refractivity contribution is 0.111. The first kappa shape index (κ1) is 6.80. The van der Waals surface area contributed by atoms with Gasteiger partial charge in [-0.2, -0.15) is 0 Å². The van der Waals surface area contributed by atoms with Gasteiger partial charge in [-0.15, -0.1) is 0 Å². The zero-order valence-electron chi connectivity index (χ0n) is 6.29. The number of nitrogens with zero attached hydrogens (tertiary/aromatic N) is 1. The molecule has 2 heteroatoms. The Bertz CT molecular complexity index is 216. The summed E-state index contributed by atoms with van der Waals surface area (Å²) >= 11 is 0. The van der Waals surface area contributed by atoms with E-state index in [0.29, 0.717) is 0 Å². The molecule has 1 aromatic rings. The van der Waals surface area contributed by atoms with Crippen molar-refractivity contribution in [3.8, 4) is 0 Å². The molecule has 1 atom stereocenters. The highest BCUT2D eigenvalue weighted by Gasteiger charge is 2.16. The second-order valence-corrected chi connectivity index (χ2v) is 2.72. The lowest BCUT2D eigenvalue weighted by atomic mass is 10.1. The maximum absolute atomic E-state index is 5.49. The number of aromatic nitrogens is 1. The van der Waals surface area contributed by atoms with Crippen molar-refractivity contribution in [2.24, 2.45) is 0 Å². The Labute approximate surface area is 66.2 Å². The summed E-state index contributed by atoms with van der Waals surface area (Å²) in [5, 5.41) is 0. The Morgan fingerprint density at radius 3 is 3.27 bits per heavy atom. The molecule has 2 nitrogen and oxygen atoms in total. The van der Waals surface area contributed by atoms with Gasteiger partial charge in [0.25, 0.3) is 0 Å². The third-order valence-corrected chi connectivity index (χ3v) is 1.94. The van der Waals surface area contributed by atoms with E-state index in [1.54, 1.807) is 0 Å². The number of ether oxygens (including phenoxy) is 1. The Kier molecular flexibility index (Phi) is 1.86. The molecule has 1 unspecified atom stereocenters. The van der Waals surface area contributed by atoms with Crippen LogP contribution >= 0.6 is 0 Å². The van der Waals surface area contributed by atoms with Crippen molar-refractivity contribution in [3.63, 3.8) is 0 Å². The van der Waals surface area contributed by atoms with Crippen LogP contribution in [-0.4, -0.2) is 11.6 Å². The molecule has 1 aliphatic heterocycles. The standard InChI is InChI=1S/C9H10NO/c1-3-8(7-10-5-1)9-4-2-6-11-9/h1,3,7,9H,2,4,6H2. The van der Waals surface area contributed by atoms with E-state index in [1.807, 2.05) is 18.3 Å². The molecule has 0 spiro atoms. The van der Waals surface area contributed by atoms with Crippen molar-refractivity contribution in [3.05, 3.63) is 30.1 Å². The van der Waals surface area contributed by atoms with Gasteiger partial charge in [0.2, 0.25) is 0 Å². The van der Waals surface area contributed by atoms with Crippen LogP contribution in [0.2, 0.25) is 0 Å². The first-order chi connectivity index (χ1) is 5.47. The van der Waals surface area contributed by atoms with Crippen molar-refractivity contribution in [2.75, 3.05) is 6.61 Å². The van der Waals surface area contributed by atoms with E-state index < -0.39 is 0 Å². The fraction of sp³-hybridized carbons (Fsp3) is 0.444. The maximum Gasteiger partial charge on any atom is 0.0886 e. The monoisotopic (exact) mass is 148 g/mol. The average molecular weight is 148 g/mol. The molecule has 0 N–H and O–H groups in total. The molecule has 1 aromatic heterocycles. The molecule has 0 aliphatic carbocycles. The van der Waals surface area contributed by atoms with E-state index in [2.05, 4.69) is 11.2 Å². The van der Waals surface area contributed by atoms with Crippen LogP contribution in [-0.2, 0) is 4.74 Å². The van der Waals surface area contributed by atoms with Crippen LogP contribution in [0.5, 0.6) is 0 Å². The zero-order chi connectivity index (χ0) is 7.52. The quantitative estimate of drug-likeness (QED) is 0.605. The van der Waals surface area contributed by atoms with E-state index in [9.17, 15) is 0 Å². The summed E-state index contributed by atoms with van der Waals surface area (Å²) < 4.78 is 5.49. The molecule has 1 fully saturated rings. The van der Waals surface area contributed by atoms with Gasteiger partial charge in [-0.05, 0) is 24.5 Å². The van der Waals surface area contributed by atoms with Crippen molar-refractivity contribution >= 4 is 0 Å². The number of hydrogen-bond acceptors (Lipinski definition) is 2. The molecule has 1 aliphatic rings. The molecule has 0 amide bonds. The van der Waals surface area contributed by atoms with E-state index in [-0.39, 0.29) is 6.10 Å².